The number of carbonyl (C=O) groups is 2. The number of halogens is 2. The number of nitrogens with zero attached hydrogens (tertiary/aromatic N) is 2. The third-order valence-electron chi connectivity index (χ3n) is 4.38. The number of benzene rings is 1. The summed E-state index contributed by atoms with van der Waals surface area (Å²) in [4.78, 5) is 25.7. The standard InChI is InChI=1S/C17H18BrFN2O3/c1-21(17(11-20)7-3-2-4-8-17)15(22)10-24-16(23)13-6-5-12(19)9-14(13)18/h5-6,9H,2-4,7-8,10H2,1H3. The highest BCUT2D eigenvalue weighted by Crippen LogP contribution is 2.32. The first-order chi connectivity index (χ1) is 11.4. The first-order valence-corrected chi connectivity index (χ1v) is 8.49. The second kappa shape index (κ2) is 7.75. The number of esters is 1. The van der Waals surface area contributed by atoms with Crippen LogP contribution in [0, 0.1) is 17.1 Å². The van der Waals surface area contributed by atoms with Gasteiger partial charge in [0.15, 0.2) is 6.61 Å². The minimum Gasteiger partial charge on any atom is -0.452 e. The molecule has 1 aromatic rings. The summed E-state index contributed by atoms with van der Waals surface area (Å²) in [6.45, 7) is -0.456. The van der Waals surface area contributed by atoms with E-state index in [1.807, 2.05) is 0 Å². The van der Waals surface area contributed by atoms with Crippen molar-refractivity contribution in [3.63, 3.8) is 0 Å². The molecule has 0 aromatic heterocycles. The molecule has 1 fully saturated rings. The Hall–Kier alpha value is -1.94. The molecule has 1 saturated carbocycles. The fourth-order valence-corrected chi connectivity index (χ4v) is 3.37. The number of rotatable bonds is 4. The van der Waals surface area contributed by atoms with Gasteiger partial charge in [0.05, 0.1) is 11.6 Å². The van der Waals surface area contributed by atoms with Crippen LogP contribution in [0.15, 0.2) is 22.7 Å². The molecule has 0 N–H and O–H groups in total. The van der Waals surface area contributed by atoms with E-state index < -0.39 is 29.8 Å². The van der Waals surface area contributed by atoms with Crippen LogP contribution in [0.1, 0.15) is 42.5 Å². The van der Waals surface area contributed by atoms with E-state index in [1.54, 1.807) is 7.05 Å². The number of nitriles is 1. The van der Waals surface area contributed by atoms with Crippen molar-refractivity contribution in [2.24, 2.45) is 0 Å². The van der Waals surface area contributed by atoms with E-state index >= 15 is 0 Å². The molecule has 1 aliphatic carbocycles. The van der Waals surface area contributed by atoms with Crippen molar-refractivity contribution in [2.75, 3.05) is 13.7 Å². The molecule has 0 saturated heterocycles. The Morgan fingerprint density at radius 3 is 2.62 bits per heavy atom. The van der Waals surface area contributed by atoms with E-state index in [4.69, 9.17) is 4.74 Å². The van der Waals surface area contributed by atoms with Crippen LogP contribution in [0.4, 0.5) is 4.39 Å². The molecule has 1 amide bonds. The summed E-state index contributed by atoms with van der Waals surface area (Å²) in [7, 11) is 1.57. The molecule has 1 aromatic carbocycles. The topological polar surface area (TPSA) is 70.4 Å². The number of carbonyl (C=O) groups excluding carboxylic acids is 2. The summed E-state index contributed by atoms with van der Waals surface area (Å²) in [5.74, 6) is -1.63. The number of amides is 1. The minimum atomic E-state index is -0.821. The molecule has 0 spiro atoms. The lowest BCUT2D eigenvalue weighted by molar-refractivity contribution is -0.138. The summed E-state index contributed by atoms with van der Waals surface area (Å²) >= 11 is 3.09. The fraction of sp³-hybridized carbons (Fsp3) is 0.471. The highest BCUT2D eigenvalue weighted by molar-refractivity contribution is 9.10. The lowest BCUT2D eigenvalue weighted by Gasteiger charge is -2.38. The smallest absolute Gasteiger partial charge is 0.339 e. The van der Waals surface area contributed by atoms with E-state index in [9.17, 15) is 19.2 Å². The molecular formula is C17H18BrFN2O3. The van der Waals surface area contributed by atoms with Gasteiger partial charge in [-0.3, -0.25) is 4.79 Å². The average Bonchev–Trinajstić information content (AvgIpc) is 2.59. The maximum atomic E-state index is 13.0. The van der Waals surface area contributed by atoms with Gasteiger partial charge < -0.3 is 9.64 Å². The largest absolute Gasteiger partial charge is 0.452 e. The third kappa shape index (κ3) is 3.93. The summed E-state index contributed by atoms with van der Waals surface area (Å²) in [5, 5.41) is 9.49. The van der Waals surface area contributed by atoms with E-state index in [2.05, 4.69) is 22.0 Å². The number of ether oxygens (including phenoxy) is 1. The third-order valence-corrected chi connectivity index (χ3v) is 5.04. The Kier molecular flexibility index (Phi) is 5.94. The van der Waals surface area contributed by atoms with Gasteiger partial charge in [-0.2, -0.15) is 5.26 Å². The molecule has 24 heavy (non-hydrogen) atoms. The van der Waals surface area contributed by atoms with Gasteiger partial charge in [-0.1, -0.05) is 19.3 Å². The average molecular weight is 397 g/mol. The molecular weight excluding hydrogens is 379 g/mol. The number of hydrogen-bond donors (Lipinski definition) is 0. The van der Waals surface area contributed by atoms with E-state index in [-0.39, 0.29) is 10.0 Å². The van der Waals surface area contributed by atoms with Crippen LogP contribution < -0.4 is 0 Å². The molecule has 0 unspecified atom stereocenters. The highest BCUT2D eigenvalue weighted by Gasteiger charge is 2.39. The van der Waals surface area contributed by atoms with Gasteiger partial charge in [-0.25, -0.2) is 9.18 Å². The lowest BCUT2D eigenvalue weighted by atomic mass is 9.81. The van der Waals surface area contributed by atoms with Crippen LogP contribution in [-0.4, -0.2) is 36.0 Å². The van der Waals surface area contributed by atoms with Crippen LogP contribution in [0.25, 0.3) is 0 Å². The molecule has 128 valence electrons. The predicted octanol–water partition coefficient (Wildman–Crippen LogP) is 3.43. The van der Waals surface area contributed by atoms with Crippen molar-refractivity contribution in [3.8, 4) is 6.07 Å². The van der Waals surface area contributed by atoms with Crippen molar-refractivity contribution >= 4 is 27.8 Å². The quantitative estimate of drug-likeness (QED) is 0.730. The fourth-order valence-electron chi connectivity index (χ4n) is 2.85. The Morgan fingerprint density at radius 2 is 2.04 bits per heavy atom. The molecule has 7 heteroatoms. The molecule has 0 radical (unpaired) electrons. The molecule has 0 bridgehead atoms. The van der Waals surface area contributed by atoms with Gasteiger partial charge in [0.1, 0.15) is 11.4 Å². The molecule has 2 rings (SSSR count). The summed E-state index contributed by atoms with van der Waals surface area (Å²) in [5.41, 5.74) is -0.683. The first kappa shape index (κ1) is 18.4. The molecule has 0 aliphatic heterocycles. The maximum absolute atomic E-state index is 13.0. The molecule has 0 heterocycles. The summed E-state index contributed by atoms with van der Waals surface area (Å²) < 4.78 is 18.3. The number of hydrogen-bond acceptors (Lipinski definition) is 4. The number of likely N-dealkylation sites (N-methyl/N-ethyl adjacent to an activating group) is 1. The van der Waals surface area contributed by atoms with Gasteiger partial charge in [0, 0.05) is 11.5 Å². The van der Waals surface area contributed by atoms with Crippen LogP contribution in [-0.2, 0) is 9.53 Å². The van der Waals surface area contributed by atoms with E-state index in [1.165, 1.54) is 11.0 Å². The van der Waals surface area contributed by atoms with Crippen LogP contribution in [0.5, 0.6) is 0 Å². The van der Waals surface area contributed by atoms with Crippen molar-refractivity contribution in [3.05, 3.63) is 34.1 Å². The maximum Gasteiger partial charge on any atom is 0.339 e. The first-order valence-electron chi connectivity index (χ1n) is 7.70. The van der Waals surface area contributed by atoms with Crippen LogP contribution in [0.3, 0.4) is 0 Å². The zero-order valence-electron chi connectivity index (χ0n) is 13.3. The highest BCUT2D eigenvalue weighted by atomic mass is 79.9. The van der Waals surface area contributed by atoms with Gasteiger partial charge in [-0.05, 0) is 47.0 Å². The zero-order chi connectivity index (χ0) is 17.7. The van der Waals surface area contributed by atoms with Crippen LogP contribution in [0.2, 0.25) is 0 Å². The van der Waals surface area contributed by atoms with Gasteiger partial charge >= 0.3 is 5.97 Å². The second-order valence-corrected chi connectivity index (χ2v) is 6.71. The molecule has 5 nitrogen and oxygen atoms in total. The Morgan fingerprint density at radius 1 is 1.38 bits per heavy atom. The normalized spacial score (nSPS) is 16.1. The van der Waals surface area contributed by atoms with Crippen molar-refractivity contribution in [1.82, 2.24) is 4.90 Å². The van der Waals surface area contributed by atoms with Gasteiger partial charge in [0.2, 0.25) is 0 Å². The van der Waals surface area contributed by atoms with Crippen molar-refractivity contribution in [1.29, 1.82) is 5.26 Å². The Bertz CT molecular complexity index is 681. The minimum absolute atomic E-state index is 0.138. The van der Waals surface area contributed by atoms with Gasteiger partial charge in [-0.15, -0.1) is 0 Å². The molecule has 0 atom stereocenters. The summed E-state index contributed by atoms with van der Waals surface area (Å²) in [6.07, 6.45) is 4.10. The van der Waals surface area contributed by atoms with Gasteiger partial charge in [0.25, 0.3) is 5.91 Å². The van der Waals surface area contributed by atoms with E-state index in [0.717, 1.165) is 31.4 Å². The predicted molar refractivity (Wildman–Crippen MR) is 88.6 cm³/mol. The second-order valence-electron chi connectivity index (χ2n) is 5.86. The van der Waals surface area contributed by atoms with Crippen molar-refractivity contribution in [2.45, 2.75) is 37.6 Å². The SMILES string of the molecule is CN(C(=O)COC(=O)c1ccc(F)cc1Br)C1(C#N)CCCCC1. The van der Waals surface area contributed by atoms with Crippen molar-refractivity contribution < 1.29 is 18.7 Å². The van der Waals surface area contributed by atoms with E-state index in [0.29, 0.717) is 12.8 Å². The monoisotopic (exact) mass is 396 g/mol. The summed E-state index contributed by atoms with van der Waals surface area (Å²) in [6, 6.07) is 5.82. The van der Waals surface area contributed by atoms with Crippen LogP contribution >= 0.6 is 15.9 Å². The molecule has 1 aliphatic rings. The Labute approximate surface area is 148 Å². The zero-order valence-corrected chi connectivity index (χ0v) is 14.9. The lowest BCUT2D eigenvalue weighted by Crippen LogP contribution is -2.51. The Balaban J connectivity index is 1.99.